The molecule has 1 aliphatic heterocycles. The van der Waals surface area contributed by atoms with Crippen LogP contribution in [0.2, 0.25) is 0 Å². The predicted octanol–water partition coefficient (Wildman–Crippen LogP) is 2.65. The van der Waals surface area contributed by atoms with E-state index in [4.69, 9.17) is 4.98 Å². The van der Waals surface area contributed by atoms with Crippen molar-refractivity contribution in [3.8, 4) is 0 Å². The summed E-state index contributed by atoms with van der Waals surface area (Å²) < 4.78 is 29.1. The van der Waals surface area contributed by atoms with E-state index < -0.39 is 10.0 Å². The van der Waals surface area contributed by atoms with E-state index in [1.807, 2.05) is 37.5 Å². The number of likely N-dealkylation sites (N-methyl/N-ethyl adjacent to an activating group) is 1. The number of nitrogens with zero attached hydrogens (tertiary/aromatic N) is 6. The van der Waals surface area contributed by atoms with Gasteiger partial charge in [-0.05, 0) is 43.9 Å². The second-order valence-corrected chi connectivity index (χ2v) is 13.0. The summed E-state index contributed by atoms with van der Waals surface area (Å²) in [6, 6.07) is 1.85. The fourth-order valence-corrected chi connectivity index (χ4v) is 6.93. The summed E-state index contributed by atoms with van der Waals surface area (Å²) in [5.74, 6) is 1.59. The molecule has 1 unspecified atom stereocenters. The van der Waals surface area contributed by atoms with Crippen molar-refractivity contribution in [1.82, 2.24) is 29.0 Å². The van der Waals surface area contributed by atoms with Crippen molar-refractivity contribution >= 4 is 44.0 Å². The van der Waals surface area contributed by atoms with Crippen LogP contribution in [0.4, 0.5) is 10.8 Å². The summed E-state index contributed by atoms with van der Waals surface area (Å²) in [7, 11) is 1.54. The van der Waals surface area contributed by atoms with Crippen molar-refractivity contribution in [1.29, 1.82) is 0 Å². The predicted molar refractivity (Wildman–Crippen MR) is 139 cm³/mol. The summed E-state index contributed by atoms with van der Waals surface area (Å²) >= 11 is 1.21. The molecule has 0 saturated heterocycles. The molecule has 12 heteroatoms. The van der Waals surface area contributed by atoms with Gasteiger partial charge in [-0.3, -0.25) is 9.41 Å². The Kier molecular flexibility index (Phi) is 6.55. The molecule has 0 bridgehead atoms. The lowest BCUT2D eigenvalue weighted by atomic mass is 10.1. The lowest BCUT2D eigenvalue weighted by Crippen LogP contribution is -2.21. The molecule has 1 fully saturated rings. The fraction of sp³-hybridized carbons (Fsp3) is 0.522. The van der Waals surface area contributed by atoms with Crippen molar-refractivity contribution in [2.75, 3.05) is 46.1 Å². The number of sulfonamides is 1. The molecule has 3 aromatic heterocycles. The number of thiophene rings is 1. The third-order valence-electron chi connectivity index (χ3n) is 6.37. The minimum absolute atomic E-state index is 0.145. The van der Waals surface area contributed by atoms with E-state index in [1.165, 1.54) is 28.5 Å². The Morgan fingerprint density at radius 1 is 1.29 bits per heavy atom. The van der Waals surface area contributed by atoms with E-state index >= 15 is 0 Å². The molecule has 5 rings (SSSR count). The number of anilines is 2. The number of rotatable bonds is 10. The van der Waals surface area contributed by atoms with Gasteiger partial charge in [0.15, 0.2) is 11.5 Å². The number of imidazole rings is 1. The first-order valence-corrected chi connectivity index (χ1v) is 14.1. The standard InChI is InChI=1S/C23H32N8O2S2/c1-15-9-20(34-23(15)35(32,33)29(2)3)28-21-22-25-12-19(17-11-26-30(4)13-17)31(22)14-18(27-21)7-8-24-10-16-5-6-16/h9,11-12,14,16-17,24H,5-8,10,13H2,1-4H3,(H,27,28). The van der Waals surface area contributed by atoms with Crippen LogP contribution in [-0.2, 0) is 16.4 Å². The zero-order chi connectivity index (χ0) is 24.7. The first-order valence-electron chi connectivity index (χ1n) is 11.8. The molecule has 1 atom stereocenters. The summed E-state index contributed by atoms with van der Waals surface area (Å²) in [6.45, 7) is 4.53. The average Bonchev–Trinajstić information content (AvgIpc) is 3.17. The third-order valence-corrected chi connectivity index (χ3v) is 9.95. The first-order chi connectivity index (χ1) is 16.7. The Balaban J connectivity index is 1.47. The lowest BCUT2D eigenvalue weighted by molar-refractivity contribution is 0.380. The highest BCUT2D eigenvalue weighted by atomic mass is 32.2. The molecular formula is C23H32N8O2S2. The topological polar surface area (TPSA) is 107 Å². The Morgan fingerprint density at radius 3 is 2.77 bits per heavy atom. The Bertz CT molecular complexity index is 1360. The van der Waals surface area contributed by atoms with Crippen LogP contribution in [0.3, 0.4) is 0 Å². The molecule has 1 saturated carbocycles. The number of aromatic nitrogens is 3. The van der Waals surface area contributed by atoms with Crippen molar-refractivity contribution in [2.45, 2.75) is 36.3 Å². The summed E-state index contributed by atoms with van der Waals surface area (Å²) in [6.07, 6.45) is 9.34. The van der Waals surface area contributed by atoms with Gasteiger partial charge in [-0.2, -0.15) is 5.10 Å². The third kappa shape index (κ3) is 5.06. The second kappa shape index (κ2) is 9.49. The van der Waals surface area contributed by atoms with Gasteiger partial charge in [0.25, 0.3) is 10.0 Å². The van der Waals surface area contributed by atoms with Gasteiger partial charge in [-0.15, -0.1) is 11.3 Å². The van der Waals surface area contributed by atoms with Gasteiger partial charge in [0.1, 0.15) is 4.21 Å². The maximum absolute atomic E-state index is 12.7. The van der Waals surface area contributed by atoms with Crippen LogP contribution < -0.4 is 10.6 Å². The van der Waals surface area contributed by atoms with E-state index in [2.05, 4.69) is 31.3 Å². The van der Waals surface area contributed by atoms with Gasteiger partial charge in [-0.1, -0.05) is 0 Å². The number of nitrogens with one attached hydrogen (secondary N) is 2. The molecule has 0 radical (unpaired) electrons. The molecule has 2 aliphatic rings. The van der Waals surface area contributed by atoms with Gasteiger partial charge in [0.05, 0.1) is 28.5 Å². The van der Waals surface area contributed by atoms with Crippen LogP contribution in [0.1, 0.15) is 35.7 Å². The normalized spacial score (nSPS) is 18.3. The van der Waals surface area contributed by atoms with Gasteiger partial charge in [-0.25, -0.2) is 22.7 Å². The highest BCUT2D eigenvalue weighted by Gasteiger charge is 2.25. The number of hydrazone groups is 1. The quantitative estimate of drug-likeness (QED) is 0.399. The second-order valence-electron chi connectivity index (χ2n) is 9.56. The Hall–Kier alpha value is -2.54. The SMILES string of the molecule is Cc1cc(Nc2nc(CCNCC3CC3)cn3c(C4C=NN(C)C4)cnc23)sc1S(=O)(=O)N(C)C. The summed E-state index contributed by atoms with van der Waals surface area (Å²) in [5.41, 5.74) is 3.42. The molecular weight excluding hydrogens is 484 g/mol. The van der Waals surface area contributed by atoms with Crippen LogP contribution in [0.15, 0.2) is 27.8 Å². The fourth-order valence-electron chi connectivity index (χ4n) is 4.19. The van der Waals surface area contributed by atoms with Crippen LogP contribution >= 0.6 is 11.3 Å². The van der Waals surface area contributed by atoms with Gasteiger partial charge >= 0.3 is 0 Å². The molecule has 10 nitrogen and oxygen atoms in total. The Morgan fingerprint density at radius 2 is 2.09 bits per heavy atom. The van der Waals surface area contributed by atoms with E-state index in [0.29, 0.717) is 26.2 Å². The van der Waals surface area contributed by atoms with Crippen molar-refractivity contribution in [3.63, 3.8) is 0 Å². The smallest absolute Gasteiger partial charge is 0.252 e. The molecule has 0 spiro atoms. The zero-order valence-corrected chi connectivity index (χ0v) is 22.2. The Labute approximate surface area is 210 Å². The molecule has 0 aromatic carbocycles. The largest absolute Gasteiger partial charge is 0.329 e. The van der Waals surface area contributed by atoms with Crippen LogP contribution in [0.25, 0.3) is 5.65 Å². The van der Waals surface area contributed by atoms with Crippen LogP contribution in [0, 0.1) is 12.8 Å². The molecule has 4 heterocycles. The molecule has 35 heavy (non-hydrogen) atoms. The van der Waals surface area contributed by atoms with Crippen LogP contribution in [-0.4, -0.2) is 79.1 Å². The molecule has 0 amide bonds. The van der Waals surface area contributed by atoms with E-state index in [1.54, 1.807) is 14.1 Å². The van der Waals surface area contributed by atoms with Gasteiger partial charge in [0, 0.05) is 53.1 Å². The maximum Gasteiger partial charge on any atom is 0.252 e. The minimum atomic E-state index is -3.52. The zero-order valence-electron chi connectivity index (χ0n) is 20.5. The summed E-state index contributed by atoms with van der Waals surface area (Å²) in [4.78, 5) is 9.57. The van der Waals surface area contributed by atoms with Crippen LogP contribution in [0.5, 0.6) is 0 Å². The van der Waals surface area contributed by atoms with E-state index in [-0.39, 0.29) is 5.92 Å². The highest BCUT2D eigenvalue weighted by molar-refractivity contribution is 7.91. The molecule has 3 aromatic rings. The number of fused-ring (bicyclic) bond motifs is 1. The summed E-state index contributed by atoms with van der Waals surface area (Å²) in [5, 5.41) is 13.9. The van der Waals surface area contributed by atoms with Crippen molar-refractivity contribution in [3.05, 3.63) is 35.4 Å². The highest BCUT2D eigenvalue weighted by Crippen LogP contribution is 2.35. The van der Waals surface area contributed by atoms with Crippen molar-refractivity contribution in [2.24, 2.45) is 11.0 Å². The first kappa shape index (κ1) is 24.2. The number of hydrogen-bond donors (Lipinski definition) is 2. The maximum atomic E-state index is 12.7. The number of aryl methyl sites for hydroxylation is 1. The average molecular weight is 517 g/mol. The minimum Gasteiger partial charge on any atom is -0.329 e. The monoisotopic (exact) mass is 516 g/mol. The van der Waals surface area contributed by atoms with Crippen molar-refractivity contribution < 1.29 is 8.42 Å². The lowest BCUT2D eigenvalue weighted by Gasteiger charge is -2.13. The molecule has 2 N–H and O–H groups in total. The molecule has 1 aliphatic carbocycles. The van der Waals surface area contributed by atoms with Gasteiger partial charge < -0.3 is 10.6 Å². The number of hydrogen-bond acceptors (Lipinski definition) is 9. The van der Waals surface area contributed by atoms with Gasteiger partial charge in [0.2, 0.25) is 0 Å². The molecule has 188 valence electrons. The van der Waals surface area contributed by atoms with E-state index in [9.17, 15) is 8.42 Å². The van der Waals surface area contributed by atoms with E-state index in [0.717, 1.165) is 43.4 Å².